The van der Waals surface area contributed by atoms with E-state index in [1.807, 2.05) is 0 Å². The van der Waals surface area contributed by atoms with Crippen LogP contribution in [0.4, 0.5) is 22.0 Å². The van der Waals surface area contributed by atoms with E-state index in [4.69, 9.17) is 27.9 Å². The molecule has 0 radical (unpaired) electrons. The largest absolute Gasteiger partial charge is 0.418 e. The summed E-state index contributed by atoms with van der Waals surface area (Å²) in [5, 5.41) is 32.3. The number of halogens is 7. The van der Waals surface area contributed by atoms with E-state index in [0.29, 0.717) is 0 Å². The third kappa shape index (κ3) is 5.17. The van der Waals surface area contributed by atoms with Gasteiger partial charge in [-0.05, 0) is 37.3 Å². The summed E-state index contributed by atoms with van der Waals surface area (Å²) in [7, 11) is 0. The van der Waals surface area contributed by atoms with Gasteiger partial charge in [0.25, 0.3) is 0 Å². The number of ether oxygens (including phenoxy) is 1. The summed E-state index contributed by atoms with van der Waals surface area (Å²) in [6.07, 6.45) is -7.28. The molecule has 0 aliphatic carbocycles. The first-order valence-electron chi connectivity index (χ1n) is 11.7. The van der Waals surface area contributed by atoms with Crippen molar-refractivity contribution in [1.82, 2.24) is 29.8 Å². The lowest BCUT2D eigenvalue weighted by molar-refractivity contribution is -0.161. The molecular formula is C24H19Cl2F5N6O3. The first-order valence-corrected chi connectivity index (χ1v) is 12.5. The van der Waals surface area contributed by atoms with Gasteiger partial charge in [0.15, 0.2) is 17.5 Å². The number of aromatic nitrogens is 6. The van der Waals surface area contributed by atoms with Gasteiger partial charge in [0.1, 0.15) is 29.8 Å². The van der Waals surface area contributed by atoms with Crippen LogP contribution in [0.2, 0.25) is 10.0 Å². The lowest BCUT2D eigenvalue weighted by Gasteiger charge is -2.38. The van der Waals surface area contributed by atoms with Crippen molar-refractivity contribution < 1.29 is 36.9 Å². The fourth-order valence-electron chi connectivity index (χ4n) is 4.56. The fourth-order valence-corrected chi connectivity index (χ4v) is 4.87. The Bertz CT molecular complexity index is 1560. The zero-order valence-electron chi connectivity index (χ0n) is 20.3. The van der Waals surface area contributed by atoms with Crippen molar-refractivity contribution in [3.63, 3.8) is 0 Å². The van der Waals surface area contributed by atoms with Gasteiger partial charge in [-0.15, -0.1) is 5.10 Å². The van der Waals surface area contributed by atoms with E-state index in [-0.39, 0.29) is 34.3 Å². The van der Waals surface area contributed by atoms with E-state index in [0.717, 1.165) is 28.9 Å². The number of hydrogen-bond donors (Lipinski definition) is 2. The summed E-state index contributed by atoms with van der Waals surface area (Å²) in [5.74, 6) is -2.44. The molecule has 16 heteroatoms. The highest BCUT2D eigenvalue weighted by Crippen LogP contribution is 2.40. The highest BCUT2D eigenvalue weighted by molar-refractivity contribution is 6.31. The van der Waals surface area contributed by atoms with Crippen molar-refractivity contribution in [2.24, 2.45) is 0 Å². The van der Waals surface area contributed by atoms with E-state index in [2.05, 4.69) is 20.4 Å². The van der Waals surface area contributed by atoms with Crippen LogP contribution in [0, 0.1) is 18.6 Å². The summed E-state index contributed by atoms with van der Waals surface area (Å²) >= 11 is 11.6. The Morgan fingerprint density at radius 3 is 2.58 bits per heavy atom. The second kappa shape index (κ2) is 10.7. The van der Waals surface area contributed by atoms with Gasteiger partial charge < -0.3 is 14.9 Å². The average Bonchev–Trinajstić information content (AvgIpc) is 3.54. The molecule has 1 fully saturated rings. The molecule has 3 heterocycles. The van der Waals surface area contributed by atoms with Crippen LogP contribution < -0.4 is 0 Å². The highest BCUT2D eigenvalue weighted by atomic mass is 35.5. The Balaban J connectivity index is 1.54. The summed E-state index contributed by atoms with van der Waals surface area (Å²) in [5.41, 5.74) is -1.73. The molecule has 40 heavy (non-hydrogen) atoms. The maximum atomic E-state index is 14.5. The molecule has 2 aromatic carbocycles. The maximum Gasteiger partial charge on any atom is 0.418 e. The number of hydrogen-bond acceptors (Lipinski definition) is 7. The minimum absolute atomic E-state index is 0.0224. The van der Waals surface area contributed by atoms with Crippen molar-refractivity contribution in [2.75, 3.05) is 6.61 Å². The molecule has 2 aromatic heterocycles. The first kappa shape index (κ1) is 28.4. The van der Waals surface area contributed by atoms with E-state index < -0.39 is 65.0 Å². The molecule has 212 valence electrons. The monoisotopic (exact) mass is 604 g/mol. The molecule has 4 aromatic rings. The van der Waals surface area contributed by atoms with Crippen LogP contribution in [0.5, 0.6) is 0 Å². The number of aliphatic hydroxyl groups excluding tert-OH is 2. The van der Waals surface area contributed by atoms with Crippen LogP contribution in [0.15, 0.2) is 36.5 Å². The number of aryl methyl sites for hydroxylation is 1. The van der Waals surface area contributed by atoms with Crippen LogP contribution in [-0.4, -0.2) is 58.8 Å². The number of rotatable bonds is 5. The van der Waals surface area contributed by atoms with Crippen LogP contribution in [-0.2, 0) is 10.9 Å². The minimum Gasteiger partial charge on any atom is -0.394 e. The summed E-state index contributed by atoms with van der Waals surface area (Å²) in [4.78, 5) is 4.27. The van der Waals surface area contributed by atoms with Crippen molar-refractivity contribution in [3.8, 4) is 16.9 Å². The first-order chi connectivity index (χ1) is 18.9. The molecule has 1 aliphatic rings. The Hall–Kier alpha value is -3.17. The van der Waals surface area contributed by atoms with Crippen LogP contribution in [0.3, 0.4) is 0 Å². The molecule has 5 rings (SSSR count). The topological polar surface area (TPSA) is 111 Å². The van der Waals surface area contributed by atoms with Gasteiger partial charge >= 0.3 is 6.18 Å². The van der Waals surface area contributed by atoms with E-state index in [1.165, 1.54) is 23.9 Å². The average molecular weight is 605 g/mol. The van der Waals surface area contributed by atoms with Gasteiger partial charge in [-0.3, -0.25) is 0 Å². The molecule has 4 atom stereocenters. The standard InChI is InChI=1S/C24H19Cl2F5N6O3/c1-10-32-23(37(34-10)16-6-11(25)2-4-13(16)24(29,30)31)18-7-17(22(39)19(9-38)40-18)36-8-15(33-35-36)12-3-5-14(26)21(28)20(12)27/h2-6,8,17-19,22,38-39H,7,9H2,1H3. The quantitative estimate of drug-likeness (QED) is 0.247. The molecule has 9 nitrogen and oxygen atoms in total. The molecule has 0 saturated carbocycles. The van der Waals surface area contributed by atoms with Gasteiger partial charge in [0.2, 0.25) is 0 Å². The Labute approximate surface area is 232 Å². The molecular weight excluding hydrogens is 586 g/mol. The number of alkyl halides is 3. The molecule has 1 aliphatic heterocycles. The van der Waals surface area contributed by atoms with Gasteiger partial charge in [-0.25, -0.2) is 23.1 Å². The zero-order chi connectivity index (χ0) is 28.9. The molecule has 0 amide bonds. The molecule has 0 spiro atoms. The zero-order valence-corrected chi connectivity index (χ0v) is 21.8. The van der Waals surface area contributed by atoms with E-state index >= 15 is 0 Å². The summed E-state index contributed by atoms with van der Waals surface area (Å²) in [6, 6.07) is 4.40. The maximum absolute atomic E-state index is 14.5. The van der Waals surface area contributed by atoms with Gasteiger partial charge in [-0.1, -0.05) is 28.4 Å². The number of benzene rings is 2. The van der Waals surface area contributed by atoms with Crippen molar-refractivity contribution in [3.05, 3.63) is 75.4 Å². The van der Waals surface area contributed by atoms with Crippen LogP contribution in [0.1, 0.15) is 35.8 Å². The normalized spacial score (nSPS) is 21.6. The summed E-state index contributed by atoms with van der Waals surface area (Å²) in [6.45, 7) is 0.810. The lowest BCUT2D eigenvalue weighted by Crippen LogP contribution is -2.45. The minimum atomic E-state index is -4.75. The van der Waals surface area contributed by atoms with Gasteiger partial charge in [0.05, 0.1) is 35.1 Å². The van der Waals surface area contributed by atoms with E-state index in [1.54, 1.807) is 0 Å². The third-order valence-corrected chi connectivity index (χ3v) is 6.96. The predicted molar refractivity (Wildman–Crippen MR) is 131 cm³/mol. The number of aliphatic hydroxyl groups is 2. The highest BCUT2D eigenvalue weighted by Gasteiger charge is 2.43. The van der Waals surface area contributed by atoms with Crippen molar-refractivity contribution in [2.45, 2.75) is 43.9 Å². The van der Waals surface area contributed by atoms with Crippen LogP contribution >= 0.6 is 23.2 Å². The van der Waals surface area contributed by atoms with Gasteiger partial charge in [0, 0.05) is 17.0 Å². The Morgan fingerprint density at radius 2 is 1.88 bits per heavy atom. The molecule has 1 saturated heterocycles. The fraction of sp³-hybridized carbons (Fsp3) is 0.333. The third-order valence-electron chi connectivity index (χ3n) is 6.43. The lowest BCUT2D eigenvalue weighted by atomic mass is 9.95. The Morgan fingerprint density at radius 1 is 1.12 bits per heavy atom. The smallest absolute Gasteiger partial charge is 0.394 e. The second-order valence-electron chi connectivity index (χ2n) is 9.03. The summed E-state index contributed by atoms with van der Waals surface area (Å²) < 4.78 is 78.0. The SMILES string of the molecule is Cc1nc(C2CC(n3cc(-c4ccc(Cl)c(F)c4F)nn3)C(O)C(CO)O2)n(-c2cc(Cl)ccc2C(F)(F)F)n1. The second-order valence-corrected chi connectivity index (χ2v) is 9.88. The van der Waals surface area contributed by atoms with Crippen LogP contribution in [0.25, 0.3) is 16.9 Å². The Kier molecular flexibility index (Phi) is 7.56. The van der Waals surface area contributed by atoms with Crippen molar-refractivity contribution in [1.29, 1.82) is 0 Å². The van der Waals surface area contributed by atoms with E-state index in [9.17, 15) is 32.2 Å². The van der Waals surface area contributed by atoms with Gasteiger partial charge in [-0.2, -0.15) is 18.3 Å². The molecule has 0 bridgehead atoms. The molecule has 2 N–H and O–H groups in total. The molecule has 4 unspecified atom stereocenters. The predicted octanol–water partition coefficient (Wildman–Crippen LogP) is 4.86. The van der Waals surface area contributed by atoms with Crippen molar-refractivity contribution >= 4 is 23.2 Å². The number of nitrogens with zero attached hydrogens (tertiary/aromatic N) is 6.